The molecule has 0 radical (unpaired) electrons. The van der Waals surface area contributed by atoms with Crippen LogP contribution in [-0.2, 0) is 9.53 Å². The van der Waals surface area contributed by atoms with Gasteiger partial charge in [-0.15, -0.1) is 0 Å². The lowest BCUT2D eigenvalue weighted by Crippen LogP contribution is -2.47. The molecule has 1 N–H and O–H groups in total. The van der Waals surface area contributed by atoms with Gasteiger partial charge in [-0.2, -0.15) is 0 Å². The number of ether oxygens (including phenoxy) is 1. The predicted octanol–water partition coefficient (Wildman–Crippen LogP) is 1.78. The summed E-state index contributed by atoms with van der Waals surface area (Å²) >= 11 is 5.79. The minimum Gasteiger partial charge on any atom is -0.378 e. The number of likely N-dealkylation sites (tertiary alicyclic amines) is 1. The van der Waals surface area contributed by atoms with Crippen molar-refractivity contribution in [1.82, 2.24) is 15.1 Å². The third kappa shape index (κ3) is 5.89. The molecule has 0 aromatic heterocycles. The molecule has 0 saturated carbocycles. The number of piperidine rings is 1. The highest BCUT2D eigenvalue weighted by Gasteiger charge is 2.24. The van der Waals surface area contributed by atoms with Crippen LogP contribution in [0.2, 0.25) is 5.02 Å². The summed E-state index contributed by atoms with van der Waals surface area (Å²) in [6.07, 6.45) is 1.83. The Hall–Kier alpha value is -1.70. The summed E-state index contributed by atoms with van der Waals surface area (Å²) in [5.74, 6) is -0.326. The predicted molar refractivity (Wildman–Crippen MR) is 100 cm³/mol. The average Bonchev–Trinajstić information content (AvgIpc) is 2.67. The van der Waals surface area contributed by atoms with Gasteiger partial charge in [0.2, 0.25) is 5.91 Å². The summed E-state index contributed by atoms with van der Waals surface area (Å²) in [5, 5.41) is 3.07. The van der Waals surface area contributed by atoms with E-state index in [-0.39, 0.29) is 22.4 Å². The van der Waals surface area contributed by atoms with Gasteiger partial charge in [0.05, 0.1) is 19.8 Å². The smallest absolute Gasteiger partial charge is 0.251 e. The van der Waals surface area contributed by atoms with Gasteiger partial charge in [0.1, 0.15) is 5.82 Å². The second-order valence-electron chi connectivity index (χ2n) is 7.08. The first kappa shape index (κ1) is 20.0. The van der Waals surface area contributed by atoms with Gasteiger partial charge in [0.25, 0.3) is 5.91 Å². The normalized spacial score (nSPS) is 19.1. The number of carbonyl (C=O) groups excluding carboxylic acids is 2. The van der Waals surface area contributed by atoms with Crippen LogP contribution < -0.4 is 5.32 Å². The largest absolute Gasteiger partial charge is 0.378 e. The van der Waals surface area contributed by atoms with Gasteiger partial charge < -0.3 is 15.0 Å². The fourth-order valence-corrected chi connectivity index (χ4v) is 3.70. The maximum Gasteiger partial charge on any atom is 0.251 e. The standard InChI is InChI=1S/C19H25ClFN3O3/c20-16-9-15(10-17(21)11-16)19(26)22-12-14-1-3-23(4-2-14)13-18(25)24-5-7-27-8-6-24/h9-11,14H,1-8,12-13H2,(H,22,26). The Labute approximate surface area is 163 Å². The van der Waals surface area contributed by atoms with Crippen molar-refractivity contribution in [2.24, 2.45) is 5.92 Å². The SMILES string of the molecule is O=C(NCC1CCN(CC(=O)N2CCOCC2)CC1)c1cc(F)cc(Cl)c1. The molecule has 0 aliphatic carbocycles. The van der Waals surface area contributed by atoms with Gasteiger partial charge in [-0.05, 0) is 50.0 Å². The third-order valence-electron chi connectivity index (χ3n) is 5.11. The molecule has 0 atom stereocenters. The van der Waals surface area contributed by atoms with Crippen molar-refractivity contribution in [3.8, 4) is 0 Å². The van der Waals surface area contributed by atoms with Crippen LogP contribution in [0.15, 0.2) is 18.2 Å². The van der Waals surface area contributed by atoms with Crippen LogP contribution in [0.25, 0.3) is 0 Å². The number of nitrogens with one attached hydrogen (secondary N) is 1. The maximum atomic E-state index is 13.4. The first-order valence-corrected chi connectivity index (χ1v) is 9.71. The summed E-state index contributed by atoms with van der Waals surface area (Å²) in [4.78, 5) is 28.5. The van der Waals surface area contributed by atoms with E-state index in [1.165, 1.54) is 18.2 Å². The Morgan fingerprint density at radius 3 is 2.52 bits per heavy atom. The molecule has 1 aromatic carbocycles. The highest BCUT2D eigenvalue weighted by Crippen LogP contribution is 2.18. The van der Waals surface area contributed by atoms with Gasteiger partial charge in [-0.25, -0.2) is 4.39 Å². The van der Waals surface area contributed by atoms with Crippen LogP contribution in [0.3, 0.4) is 0 Å². The number of benzene rings is 1. The zero-order valence-electron chi connectivity index (χ0n) is 15.3. The molecule has 0 bridgehead atoms. The molecular weight excluding hydrogens is 373 g/mol. The van der Waals surface area contributed by atoms with E-state index < -0.39 is 5.82 Å². The summed E-state index contributed by atoms with van der Waals surface area (Å²) < 4.78 is 18.6. The molecule has 0 spiro atoms. The number of rotatable bonds is 5. The molecule has 27 heavy (non-hydrogen) atoms. The van der Waals surface area contributed by atoms with Crippen molar-refractivity contribution in [2.75, 3.05) is 52.5 Å². The number of hydrogen-bond donors (Lipinski definition) is 1. The maximum absolute atomic E-state index is 13.4. The highest BCUT2D eigenvalue weighted by atomic mass is 35.5. The molecular formula is C19H25ClFN3O3. The first-order valence-electron chi connectivity index (χ1n) is 9.33. The van der Waals surface area contributed by atoms with Crippen molar-refractivity contribution < 1.29 is 18.7 Å². The van der Waals surface area contributed by atoms with Crippen molar-refractivity contribution >= 4 is 23.4 Å². The minimum absolute atomic E-state index is 0.160. The van der Waals surface area contributed by atoms with E-state index in [0.717, 1.165) is 25.9 Å². The van der Waals surface area contributed by atoms with Crippen LogP contribution >= 0.6 is 11.6 Å². The van der Waals surface area contributed by atoms with Crippen LogP contribution in [0.1, 0.15) is 23.2 Å². The molecule has 2 heterocycles. The van der Waals surface area contributed by atoms with Gasteiger partial charge >= 0.3 is 0 Å². The highest BCUT2D eigenvalue weighted by molar-refractivity contribution is 6.31. The van der Waals surface area contributed by atoms with E-state index in [4.69, 9.17) is 16.3 Å². The van der Waals surface area contributed by atoms with Crippen LogP contribution in [0.4, 0.5) is 4.39 Å². The minimum atomic E-state index is -0.522. The second-order valence-corrected chi connectivity index (χ2v) is 7.52. The topological polar surface area (TPSA) is 61.9 Å². The Morgan fingerprint density at radius 1 is 1.15 bits per heavy atom. The molecule has 148 valence electrons. The number of halogens is 2. The number of morpholine rings is 1. The zero-order chi connectivity index (χ0) is 19.2. The summed E-state index contributed by atoms with van der Waals surface area (Å²) in [6, 6.07) is 3.81. The Morgan fingerprint density at radius 2 is 1.85 bits per heavy atom. The first-order chi connectivity index (χ1) is 13.0. The fraction of sp³-hybridized carbons (Fsp3) is 0.579. The summed E-state index contributed by atoms with van der Waals surface area (Å²) in [6.45, 7) is 5.23. The lowest BCUT2D eigenvalue weighted by molar-refractivity contribution is -0.136. The number of amides is 2. The van der Waals surface area contributed by atoms with Crippen LogP contribution in [-0.4, -0.2) is 74.1 Å². The molecule has 2 fully saturated rings. The molecule has 3 rings (SSSR count). The summed E-state index contributed by atoms with van der Waals surface area (Å²) in [5.41, 5.74) is 0.230. The molecule has 0 unspecified atom stereocenters. The van der Waals surface area contributed by atoms with Gasteiger partial charge in [-0.3, -0.25) is 14.5 Å². The zero-order valence-corrected chi connectivity index (χ0v) is 16.0. The third-order valence-corrected chi connectivity index (χ3v) is 5.32. The van der Waals surface area contributed by atoms with Crippen molar-refractivity contribution in [3.05, 3.63) is 34.6 Å². The number of nitrogens with zero attached hydrogens (tertiary/aromatic N) is 2. The second kappa shape index (κ2) is 9.48. The lowest BCUT2D eigenvalue weighted by Gasteiger charge is -2.34. The van der Waals surface area contributed by atoms with Crippen molar-refractivity contribution in [3.63, 3.8) is 0 Å². The molecule has 8 heteroatoms. The van der Waals surface area contributed by atoms with E-state index >= 15 is 0 Å². The van der Waals surface area contributed by atoms with Crippen LogP contribution in [0.5, 0.6) is 0 Å². The van der Waals surface area contributed by atoms with Crippen molar-refractivity contribution in [2.45, 2.75) is 12.8 Å². The molecule has 2 aliphatic rings. The fourth-order valence-electron chi connectivity index (χ4n) is 3.48. The van der Waals surface area contributed by atoms with E-state index in [9.17, 15) is 14.0 Å². The molecule has 6 nitrogen and oxygen atoms in total. The Kier molecular flexibility index (Phi) is 7.04. The van der Waals surface area contributed by atoms with Crippen LogP contribution in [0, 0.1) is 11.7 Å². The van der Waals surface area contributed by atoms with E-state index in [0.29, 0.717) is 45.3 Å². The van der Waals surface area contributed by atoms with Crippen molar-refractivity contribution in [1.29, 1.82) is 0 Å². The monoisotopic (exact) mass is 397 g/mol. The van der Waals surface area contributed by atoms with Gasteiger partial charge in [-0.1, -0.05) is 11.6 Å². The van der Waals surface area contributed by atoms with E-state index in [2.05, 4.69) is 10.2 Å². The quantitative estimate of drug-likeness (QED) is 0.822. The number of hydrogen-bond acceptors (Lipinski definition) is 4. The summed E-state index contributed by atoms with van der Waals surface area (Å²) in [7, 11) is 0. The number of carbonyl (C=O) groups is 2. The Bertz CT molecular complexity index is 654. The lowest BCUT2D eigenvalue weighted by atomic mass is 9.96. The molecule has 1 aromatic rings. The van der Waals surface area contributed by atoms with E-state index in [1.54, 1.807) is 0 Å². The van der Waals surface area contributed by atoms with Gasteiger partial charge in [0.15, 0.2) is 0 Å². The van der Waals surface area contributed by atoms with E-state index in [1.807, 2.05) is 4.90 Å². The van der Waals surface area contributed by atoms with Gasteiger partial charge in [0, 0.05) is 30.2 Å². The molecule has 2 amide bonds. The Balaban J connectivity index is 1.39. The molecule has 2 saturated heterocycles. The molecule has 2 aliphatic heterocycles. The average molecular weight is 398 g/mol.